The molecule has 0 aromatic heterocycles. The van der Waals surface area contributed by atoms with Crippen LogP contribution in [0.3, 0.4) is 0 Å². The minimum absolute atomic E-state index is 0.531. The van der Waals surface area contributed by atoms with Crippen LogP contribution in [0.2, 0.25) is 0 Å². The van der Waals surface area contributed by atoms with Crippen LogP contribution < -0.4 is 0 Å². The van der Waals surface area contributed by atoms with Crippen LogP contribution in [0.4, 0.5) is 0 Å². The standard InChI is InChI=1S/C12H24/c1-8-11(6)10(4,5)12(11,7)9(2)3/h9H,8H2,1-7H3. The molecule has 1 aliphatic carbocycles. The van der Waals surface area contributed by atoms with E-state index in [1.165, 1.54) is 6.42 Å². The molecule has 1 rings (SSSR count). The summed E-state index contributed by atoms with van der Waals surface area (Å²) in [5.41, 5.74) is 1.64. The Labute approximate surface area is 77.7 Å². The molecule has 12 heavy (non-hydrogen) atoms. The van der Waals surface area contributed by atoms with Gasteiger partial charge >= 0.3 is 0 Å². The number of hydrogen-bond acceptors (Lipinski definition) is 0. The lowest BCUT2D eigenvalue weighted by Gasteiger charge is -2.21. The van der Waals surface area contributed by atoms with E-state index in [4.69, 9.17) is 0 Å². The molecule has 0 aromatic rings. The van der Waals surface area contributed by atoms with E-state index in [1.807, 2.05) is 0 Å². The molecule has 0 bridgehead atoms. The molecule has 2 atom stereocenters. The van der Waals surface area contributed by atoms with Crippen molar-refractivity contribution in [2.45, 2.75) is 54.9 Å². The fraction of sp³-hybridized carbons (Fsp3) is 1.00. The maximum absolute atomic E-state index is 2.46. The first-order valence-corrected chi connectivity index (χ1v) is 5.25. The van der Waals surface area contributed by atoms with Gasteiger partial charge in [-0.05, 0) is 28.6 Å². The lowest BCUT2D eigenvalue weighted by molar-refractivity contribution is 0.277. The van der Waals surface area contributed by atoms with Crippen molar-refractivity contribution in [1.82, 2.24) is 0 Å². The van der Waals surface area contributed by atoms with Gasteiger partial charge in [0, 0.05) is 0 Å². The van der Waals surface area contributed by atoms with Crippen LogP contribution in [0, 0.1) is 22.2 Å². The molecular formula is C12H24. The summed E-state index contributed by atoms with van der Waals surface area (Å²) in [6.45, 7) is 16.8. The molecule has 1 saturated carbocycles. The molecular weight excluding hydrogens is 144 g/mol. The Hall–Kier alpha value is 0. The number of rotatable bonds is 2. The van der Waals surface area contributed by atoms with Gasteiger partial charge < -0.3 is 0 Å². The van der Waals surface area contributed by atoms with Crippen LogP contribution in [0.5, 0.6) is 0 Å². The predicted molar refractivity (Wildman–Crippen MR) is 55.1 cm³/mol. The van der Waals surface area contributed by atoms with Gasteiger partial charge in [-0.15, -0.1) is 0 Å². The van der Waals surface area contributed by atoms with E-state index in [1.54, 1.807) is 0 Å². The fourth-order valence-electron chi connectivity index (χ4n) is 3.66. The third-order valence-corrected chi connectivity index (χ3v) is 5.62. The van der Waals surface area contributed by atoms with E-state index in [-0.39, 0.29) is 0 Å². The molecule has 0 heterocycles. The van der Waals surface area contributed by atoms with Crippen molar-refractivity contribution >= 4 is 0 Å². The van der Waals surface area contributed by atoms with Gasteiger partial charge in [-0.25, -0.2) is 0 Å². The van der Waals surface area contributed by atoms with E-state index in [0.717, 1.165) is 5.92 Å². The first-order chi connectivity index (χ1) is 5.25. The van der Waals surface area contributed by atoms with Gasteiger partial charge in [-0.3, -0.25) is 0 Å². The Morgan fingerprint density at radius 1 is 1.00 bits per heavy atom. The Morgan fingerprint density at radius 2 is 1.42 bits per heavy atom. The highest BCUT2D eigenvalue weighted by molar-refractivity contribution is 5.23. The summed E-state index contributed by atoms with van der Waals surface area (Å²) in [6, 6.07) is 0. The largest absolute Gasteiger partial charge is 0.0648 e. The Bertz CT molecular complexity index is 190. The molecule has 0 spiro atoms. The molecule has 0 heteroatoms. The second-order valence-electron chi connectivity index (χ2n) is 5.67. The van der Waals surface area contributed by atoms with Crippen molar-refractivity contribution in [2.24, 2.45) is 22.2 Å². The molecule has 0 aliphatic heterocycles. The molecule has 1 fully saturated rings. The zero-order chi connectivity index (χ0) is 9.78. The quantitative estimate of drug-likeness (QED) is 0.582. The lowest BCUT2D eigenvalue weighted by Crippen LogP contribution is -2.14. The van der Waals surface area contributed by atoms with Crippen molar-refractivity contribution in [3.63, 3.8) is 0 Å². The fourth-order valence-corrected chi connectivity index (χ4v) is 3.66. The predicted octanol–water partition coefficient (Wildman–Crippen LogP) is 4.10. The van der Waals surface area contributed by atoms with E-state index in [9.17, 15) is 0 Å². The molecule has 0 nitrogen and oxygen atoms in total. The summed E-state index contributed by atoms with van der Waals surface area (Å²) in [5.74, 6) is 0.803. The normalized spacial score (nSPS) is 45.0. The Balaban J connectivity index is 2.99. The average molecular weight is 168 g/mol. The summed E-state index contributed by atoms with van der Waals surface area (Å²) >= 11 is 0. The van der Waals surface area contributed by atoms with Gasteiger partial charge in [-0.2, -0.15) is 0 Å². The first kappa shape index (κ1) is 10.1. The van der Waals surface area contributed by atoms with Gasteiger partial charge in [0.1, 0.15) is 0 Å². The maximum atomic E-state index is 2.46. The van der Waals surface area contributed by atoms with Crippen LogP contribution in [0.25, 0.3) is 0 Å². The van der Waals surface area contributed by atoms with Crippen molar-refractivity contribution in [2.75, 3.05) is 0 Å². The van der Waals surface area contributed by atoms with Crippen molar-refractivity contribution < 1.29 is 0 Å². The Kier molecular flexibility index (Phi) is 1.91. The second-order valence-corrected chi connectivity index (χ2v) is 5.67. The zero-order valence-corrected chi connectivity index (χ0v) is 9.78. The molecule has 2 unspecified atom stereocenters. The van der Waals surface area contributed by atoms with Crippen molar-refractivity contribution in [1.29, 1.82) is 0 Å². The average Bonchev–Trinajstić information content (AvgIpc) is 2.32. The Morgan fingerprint density at radius 3 is 1.50 bits per heavy atom. The van der Waals surface area contributed by atoms with Gasteiger partial charge in [0.2, 0.25) is 0 Å². The van der Waals surface area contributed by atoms with Gasteiger partial charge in [-0.1, -0.05) is 48.5 Å². The summed E-state index contributed by atoms with van der Waals surface area (Å²) in [7, 11) is 0. The van der Waals surface area contributed by atoms with E-state index < -0.39 is 0 Å². The number of hydrogen-bond donors (Lipinski definition) is 0. The molecule has 72 valence electrons. The monoisotopic (exact) mass is 168 g/mol. The molecule has 0 saturated heterocycles. The third kappa shape index (κ3) is 0.701. The van der Waals surface area contributed by atoms with Gasteiger partial charge in [0.25, 0.3) is 0 Å². The van der Waals surface area contributed by atoms with Crippen LogP contribution in [-0.2, 0) is 0 Å². The highest BCUT2D eigenvalue weighted by atomic mass is 14.8. The van der Waals surface area contributed by atoms with Gasteiger partial charge in [0.15, 0.2) is 0 Å². The van der Waals surface area contributed by atoms with Gasteiger partial charge in [0.05, 0.1) is 0 Å². The van der Waals surface area contributed by atoms with Crippen LogP contribution in [0.15, 0.2) is 0 Å². The first-order valence-electron chi connectivity index (χ1n) is 5.25. The van der Waals surface area contributed by atoms with Crippen molar-refractivity contribution in [3.8, 4) is 0 Å². The molecule has 0 radical (unpaired) electrons. The summed E-state index contributed by atoms with van der Waals surface area (Å²) in [6.07, 6.45) is 1.31. The third-order valence-electron chi connectivity index (χ3n) is 5.62. The summed E-state index contributed by atoms with van der Waals surface area (Å²) in [4.78, 5) is 0. The highest BCUT2D eigenvalue weighted by Gasteiger charge is 2.76. The minimum atomic E-state index is 0.531. The van der Waals surface area contributed by atoms with E-state index in [0.29, 0.717) is 16.2 Å². The van der Waals surface area contributed by atoms with Crippen LogP contribution >= 0.6 is 0 Å². The molecule has 0 amide bonds. The molecule has 1 aliphatic rings. The smallest absolute Gasteiger partial charge is 0.0187 e. The second kappa shape index (κ2) is 2.27. The van der Waals surface area contributed by atoms with E-state index >= 15 is 0 Å². The van der Waals surface area contributed by atoms with Crippen LogP contribution in [-0.4, -0.2) is 0 Å². The summed E-state index contributed by atoms with van der Waals surface area (Å²) in [5, 5.41) is 0. The molecule has 0 N–H and O–H groups in total. The van der Waals surface area contributed by atoms with E-state index in [2.05, 4.69) is 48.5 Å². The van der Waals surface area contributed by atoms with Crippen LogP contribution in [0.1, 0.15) is 54.9 Å². The zero-order valence-electron chi connectivity index (χ0n) is 9.78. The topological polar surface area (TPSA) is 0 Å². The maximum Gasteiger partial charge on any atom is -0.0187 e. The molecule has 0 aromatic carbocycles. The minimum Gasteiger partial charge on any atom is -0.0648 e. The van der Waals surface area contributed by atoms with Crippen molar-refractivity contribution in [3.05, 3.63) is 0 Å². The summed E-state index contributed by atoms with van der Waals surface area (Å²) < 4.78 is 0. The highest BCUT2D eigenvalue weighted by Crippen LogP contribution is 2.81. The SMILES string of the molecule is CCC1(C)C(C)(C)C1(C)C(C)C. The lowest BCUT2D eigenvalue weighted by atomic mass is 9.84.